The average molecular weight is 330 g/mol. The van der Waals surface area contributed by atoms with Crippen molar-refractivity contribution in [3.63, 3.8) is 0 Å². The first-order valence-electron chi connectivity index (χ1n) is 7.67. The summed E-state index contributed by atoms with van der Waals surface area (Å²) in [5, 5.41) is 5.72. The molecule has 2 saturated heterocycles. The van der Waals surface area contributed by atoms with E-state index in [2.05, 4.69) is 4.98 Å². The Bertz CT molecular complexity index is 680. The summed E-state index contributed by atoms with van der Waals surface area (Å²) in [7, 11) is 0. The van der Waals surface area contributed by atoms with Crippen LogP contribution in [-0.2, 0) is 9.47 Å². The Morgan fingerprint density at radius 3 is 2.91 bits per heavy atom. The number of rotatable bonds is 4. The molecule has 2 fully saturated rings. The van der Waals surface area contributed by atoms with E-state index in [9.17, 15) is 0 Å². The van der Waals surface area contributed by atoms with Crippen molar-refractivity contribution < 1.29 is 14.2 Å². The van der Waals surface area contributed by atoms with Crippen LogP contribution in [0.4, 0.5) is 0 Å². The summed E-state index contributed by atoms with van der Waals surface area (Å²) in [6, 6.07) is 11.9. The van der Waals surface area contributed by atoms with Gasteiger partial charge in [-0.1, -0.05) is 18.2 Å². The molecule has 2 N–H and O–H groups in total. The molecule has 1 aromatic carbocycles. The van der Waals surface area contributed by atoms with E-state index in [1.165, 1.54) is 11.9 Å². The third kappa shape index (κ3) is 2.95. The minimum absolute atomic E-state index is 0.0332. The molecule has 2 aliphatic heterocycles. The maximum Gasteiger partial charge on any atom is 0.213 e. The van der Waals surface area contributed by atoms with Crippen molar-refractivity contribution in [3.05, 3.63) is 42.6 Å². The molecule has 0 amide bonds. The molecule has 2 aromatic rings. The fraction of sp³-hybridized carbons (Fsp3) is 0.353. The van der Waals surface area contributed by atoms with Crippen LogP contribution in [0.2, 0.25) is 0 Å². The van der Waals surface area contributed by atoms with Crippen molar-refractivity contribution in [3.8, 4) is 17.0 Å². The molecule has 0 bridgehead atoms. The summed E-state index contributed by atoms with van der Waals surface area (Å²) < 4.78 is 17.3. The summed E-state index contributed by atoms with van der Waals surface area (Å²) in [5.74, 6) is 0.594. The van der Waals surface area contributed by atoms with E-state index in [-0.39, 0.29) is 18.3 Å². The van der Waals surface area contributed by atoms with E-state index in [1.54, 1.807) is 0 Å². The van der Waals surface area contributed by atoms with E-state index in [1.807, 2.05) is 42.6 Å². The third-order valence-electron chi connectivity index (χ3n) is 4.25. The van der Waals surface area contributed by atoms with Gasteiger partial charge in [0.2, 0.25) is 5.88 Å². The molecule has 1 aromatic heterocycles. The zero-order valence-corrected chi connectivity index (χ0v) is 13.4. The van der Waals surface area contributed by atoms with E-state index < -0.39 is 0 Å². The maximum absolute atomic E-state index is 5.95. The molecule has 5 nitrogen and oxygen atoms in total. The van der Waals surface area contributed by atoms with Crippen LogP contribution in [0, 0.1) is 0 Å². The first-order chi connectivity index (χ1) is 11.3. The number of nitrogens with two attached hydrogens (primary N) is 1. The van der Waals surface area contributed by atoms with Gasteiger partial charge in [-0.05, 0) is 36.1 Å². The second-order valence-corrected chi connectivity index (χ2v) is 6.33. The molecule has 23 heavy (non-hydrogen) atoms. The number of fused-ring (bicyclic) bond motifs is 1. The largest absolute Gasteiger partial charge is 0.469 e. The predicted octanol–water partition coefficient (Wildman–Crippen LogP) is 2.65. The maximum atomic E-state index is 5.95. The van der Waals surface area contributed by atoms with Crippen LogP contribution < -0.4 is 9.88 Å². The zero-order valence-electron chi connectivity index (χ0n) is 12.6. The molecule has 2 aliphatic rings. The van der Waals surface area contributed by atoms with E-state index in [4.69, 9.17) is 19.3 Å². The molecule has 3 heterocycles. The van der Waals surface area contributed by atoms with Crippen LogP contribution in [-0.4, -0.2) is 36.5 Å². The highest BCUT2D eigenvalue weighted by Gasteiger charge is 2.43. The highest BCUT2D eigenvalue weighted by Crippen LogP contribution is 2.31. The van der Waals surface area contributed by atoms with Crippen molar-refractivity contribution in [1.82, 2.24) is 4.98 Å². The van der Waals surface area contributed by atoms with Crippen molar-refractivity contribution in [1.29, 1.82) is 0 Å². The quantitative estimate of drug-likeness (QED) is 0.870. The molecule has 6 heteroatoms. The van der Waals surface area contributed by atoms with Gasteiger partial charge < -0.3 is 14.2 Å². The monoisotopic (exact) mass is 330 g/mol. The van der Waals surface area contributed by atoms with E-state index in [0.717, 1.165) is 29.1 Å². The Morgan fingerprint density at radius 2 is 2.09 bits per heavy atom. The fourth-order valence-electron chi connectivity index (χ4n) is 3.10. The highest BCUT2D eigenvalue weighted by atomic mass is 32.2. The third-order valence-corrected chi connectivity index (χ3v) is 4.86. The summed E-state index contributed by atoms with van der Waals surface area (Å²) in [4.78, 5) is 5.45. The van der Waals surface area contributed by atoms with Gasteiger partial charge in [-0.25, -0.2) is 4.98 Å². The Labute approximate surface area is 139 Å². The Morgan fingerprint density at radius 1 is 1.17 bits per heavy atom. The van der Waals surface area contributed by atoms with Crippen LogP contribution in [0.1, 0.15) is 6.42 Å². The smallest absolute Gasteiger partial charge is 0.213 e. The molecular formula is C17H18N2O3S. The van der Waals surface area contributed by atoms with Crippen LogP contribution >= 0.6 is 11.9 Å². The fourth-order valence-corrected chi connectivity index (χ4v) is 3.57. The van der Waals surface area contributed by atoms with Crippen molar-refractivity contribution in [2.75, 3.05) is 13.2 Å². The summed E-state index contributed by atoms with van der Waals surface area (Å²) >= 11 is 1.24. The van der Waals surface area contributed by atoms with Crippen LogP contribution in [0.15, 0.2) is 47.5 Å². The van der Waals surface area contributed by atoms with Gasteiger partial charge in [0.15, 0.2) is 6.10 Å². The first kappa shape index (κ1) is 15.0. The number of ether oxygens (including phenoxy) is 3. The van der Waals surface area contributed by atoms with Gasteiger partial charge in [-0.15, -0.1) is 0 Å². The average Bonchev–Trinajstić information content (AvgIpc) is 3.21. The second-order valence-electron chi connectivity index (χ2n) is 5.65. The minimum atomic E-state index is -0.0762. The van der Waals surface area contributed by atoms with Gasteiger partial charge in [-0.3, -0.25) is 5.14 Å². The first-order valence-corrected chi connectivity index (χ1v) is 8.55. The van der Waals surface area contributed by atoms with Crippen LogP contribution in [0.3, 0.4) is 0 Å². The zero-order chi connectivity index (χ0) is 15.6. The standard InChI is InChI=1S/C17H18N2O3S/c18-23-15-4-2-1-3-12(15)11-5-6-16(19-9-11)22-14-10-21-13-7-8-20-17(13)14/h1-6,9,13-14,17H,7-8,10,18H2. The highest BCUT2D eigenvalue weighted by molar-refractivity contribution is 7.97. The molecule has 3 atom stereocenters. The van der Waals surface area contributed by atoms with Gasteiger partial charge in [0, 0.05) is 29.3 Å². The summed E-state index contributed by atoms with van der Waals surface area (Å²) in [5.41, 5.74) is 2.09. The topological polar surface area (TPSA) is 66.6 Å². The lowest BCUT2D eigenvalue weighted by atomic mass is 10.1. The number of hydrogen-bond acceptors (Lipinski definition) is 6. The normalized spacial score (nSPS) is 26.2. The van der Waals surface area contributed by atoms with Crippen molar-refractivity contribution in [2.45, 2.75) is 29.6 Å². The summed E-state index contributed by atoms with van der Waals surface area (Å²) in [6.07, 6.45) is 2.89. The van der Waals surface area contributed by atoms with Crippen molar-refractivity contribution >= 4 is 11.9 Å². The number of aromatic nitrogens is 1. The molecular weight excluding hydrogens is 312 g/mol. The number of nitrogens with zero attached hydrogens (tertiary/aromatic N) is 1. The predicted molar refractivity (Wildman–Crippen MR) is 88.2 cm³/mol. The van der Waals surface area contributed by atoms with Crippen molar-refractivity contribution in [2.24, 2.45) is 5.14 Å². The number of benzene rings is 1. The van der Waals surface area contributed by atoms with Crippen LogP contribution in [0.5, 0.6) is 5.88 Å². The Kier molecular flexibility index (Phi) is 4.22. The molecule has 4 rings (SSSR count). The molecule has 0 radical (unpaired) electrons. The Balaban J connectivity index is 1.50. The lowest BCUT2D eigenvalue weighted by Gasteiger charge is -2.17. The van der Waals surface area contributed by atoms with E-state index in [0.29, 0.717) is 12.5 Å². The van der Waals surface area contributed by atoms with Gasteiger partial charge in [0.05, 0.1) is 12.7 Å². The summed E-state index contributed by atoms with van der Waals surface area (Å²) in [6.45, 7) is 1.31. The second kappa shape index (κ2) is 6.49. The molecule has 3 unspecified atom stereocenters. The minimum Gasteiger partial charge on any atom is -0.469 e. The number of hydrogen-bond donors (Lipinski definition) is 1. The Hall–Kier alpha value is -1.60. The molecule has 0 saturated carbocycles. The van der Waals surface area contributed by atoms with Gasteiger partial charge >= 0.3 is 0 Å². The van der Waals surface area contributed by atoms with Gasteiger partial charge in [0.1, 0.15) is 6.10 Å². The van der Waals surface area contributed by atoms with Crippen LogP contribution in [0.25, 0.3) is 11.1 Å². The lowest BCUT2D eigenvalue weighted by molar-refractivity contribution is 0.0289. The SMILES string of the molecule is NSc1ccccc1-c1ccc(OC2COC3CCOC32)nc1. The number of pyridine rings is 1. The van der Waals surface area contributed by atoms with Gasteiger partial charge in [-0.2, -0.15) is 0 Å². The molecule has 0 spiro atoms. The van der Waals surface area contributed by atoms with Gasteiger partial charge in [0.25, 0.3) is 0 Å². The molecule has 120 valence electrons. The lowest BCUT2D eigenvalue weighted by Crippen LogP contribution is -2.32. The van der Waals surface area contributed by atoms with E-state index >= 15 is 0 Å². The molecule has 0 aliphatic carbocycles.